The van der Waals surface area contributed by atoms with Crippen molar-refractivity contribution in [3.63, 3.8) is 0 Å². The normalized spacial score (nSPS) is 10.5. The molecule has 1 heterocycles. The molecule has 0 unspecified atom stereocenters. The van der Waals surface area contributed by atoms with Crippen molar-refractivity contribution in [3.8, 4) is 5.75 Å². The van der Waals surface area contributed by atoms with Crippen LogP contribution < -0.4 is 10.1 Å². The third-order valence-electron chi connectivity index (χ3n) is 4.06. The molecule has 0 spiro atoms. The maximum absolute atomic E-state index is 12.3. The van der Waals surface area contributed by atoms with Crippen molar-refractivity contribution in [2.24, 2.45) is 7.05 Å². The zero-order valence-corrected chi connectivity index (χ0v) is 14.8. The largest absolute Gasteiger partial charge is 0.496 e. The first kappa shape index (κ1) is 17.7. The van der Waals surface area contributed by atoms with E-state index < -0.39 is 11.7 Å². The molecule has 0 aliphatic rings. The summed E-state index contributed by atoms with van der Waals surface area (Å²) in [5, 5.41) is 6.86. The topological polar surface area (TPSA) is 73.2 Å². The summed E-state index contributed by atoms with van der Waals surface area (Å²) < 4.78 is 6.92. The van der Waals surface area contributed by atoms with E-state index >= 15 is 0 Å². The van der Waals surface area contributed by atoms with Crippen LogP contribution in [0, 0.1) is 20.8 Å². The highest BCUT2D eigenvalue weighted by molar-refractivity contribution is 6.43. The van der Waals surface area contributed by atoms with Crippen LogP contribution in [0.15, 0.2) is 18.2 Å². The van der Waals surface area contributed by atoms with E-state index in [-0.39, 0.29) is 0 Å². The molecule has 0 fully saturated rings. The van der Waals surface area contributed by atoms with Crippen molar-refractivity contribution in [1.82, 2.24) is 15.1 Å². The number of nitrogens with zero attached hydrogens (tertiary/aromatic N) is 2. The number of hydrogen-bond acceptors (Lipinski definition) is 4. The fourth-order valence-corrected chi connectivity index (χ4v) is 2.71. The molecule has 6 heteroatoms. The molecule has 0 atom stereocenters. The molecule has 2 aromatic rings. The van der Waals surface area contributed by atoms with Crippen molar-refractivity contribution >= 4 is 11.7 Å². The Kier molecular flexibility index (Phi) is 5.39. The molecule has 1 N–H and O–H groups in total. The third kappa shape index (κ3) is 3.64. The maximum atomic E-state index is 12.3. The van der Waals surface area contributed by atoms with Crippen LogP contribution in [0.5, 0.6) is 5.75 Å². The first-order chi connectivity index (χ1) is 11.3. The van der Waals surface area contributed by atoms with Crippen LogP contribution in [0.2, 0.25) is 0 Å². The molecule has 1 aromatic carbocycles. The molecule has 0 radical (unpaired) electrons. The van der Waals surface area contributed by atoms with E-state index in [2.05, 4.69) is 10.4 Å². The predicted molar refractivity (Wildman–Crippen MR) is 91.5 cm³/mol. The molecule has 6 nitrogen and oxygen atoms in total. The highest BCUT2D eigenvalue weighted by Gasteiger charge is 2.23. The summed E-state index contributed by atoms with van der Waals surface area (Å²) in [4.78, 5) is 24.5. The number of ketones is 1. The third-order valence-corrected chi connectivity index (χ3v) is 4.06. The number of hydrogen-bond donors (Lipinski definition) is 1. The van der Waals surface area contributed by atoms with E-state index in [0.717, 1.165) is 16.9 Å². The van der Waals surface area contributed by atoms with E-state index in [4.69, 9.17) is 4.74 Å². The van der Waals surface area contributed by atoms with Gasteiger partial charge in [0.15, 0.2) is 0 Å². The van der Waals surface area contributed by atoms with Gasteiger partial charge >= 0.3 is 0 Å². The summed E-state index contributed by atoms with van der Waals surface area (Å²) in [7, 11) is 3.37. The standard InChI is InChI=1S/C18H23N3O3/c1-11-6-7-15(24-5)14(10-11)8-9-19-18(23)17(22)16-12(2)20-21(4)13(16)3/h6-7,10H,8-9H2,1-5H3,(H,19,23). The summed E-state index contributed by atoms with van der Waals surface area (Å²) >= 11 is 0. The minimum Gasteiger partial charge on any atom is -0.496 e. The highest BCUT2D eigenvalue weighted by Crippen LogP contribution is 2.19. The number of aryl methyl sites for hydroxylation is 3. The van der Waals surface area contributed by atoms with Gasteiger partial charge in [0.05, 0.1) is 18.4 Å². The van der Waals surface area contributed by atoms with Gasteiger partial charge < -0.3 is 10.1 Å². The first-order valence-corrected chi connectivity index (χ1v) is 7.81. The van der Waals surface area contributed by atoms with Gasteiger partial charge in [0.1, 0.15) is 5.75 Å². The number of ether oxygens (including phenoxy) is 1. The number of nitrogens with one attached hydrogen (secondary N) is 1. The van der Waals surface area contributed by atoms with Gasteiger partial charge in [-0.05, 0) is 38.8 Å². The molecule has 2 rings (SSSR count). The minimum absolute atomic E-state index is 0.364. The monoisotopic (exact) mass is 329 g/mol. The molecule has 0 saturated heterocycles. The predicted octanol–water partition coefficient (Wildman–Crippen LogP) is 1.90. The van der Waals surface area contributed by atoms with Crippen LogP contribution in [0.1, 0.15) is 32.9 Å². The number of methoxy groups -OCH3 is 1. The number of Topliss-reactive ketones (excluding diaryl/α,β-unsaturated/α-hetero) is 1. The number of aromatic nitrogens is 2. The van der Waals surface area contributed by atoms with Gasteiger partial charge in [0.25, 0.3) is 11.7 Å². The Morgan fingerprint density at radius 1 is 1.25 bits per heavy atom. The van der Waals surface area contributed by atoms with Gasteiger partial charge in [-0.1, -0.05) is 17.7 Å². The molecular formula is C18H23N3O3. The van der Waals surface area contributed by atoms with E-state index in [9.17, 15) is 9.59 Å². The van der Waals surface area contributed by atoms with Crippen molar-refractivity contribution in [3.05, 3.63) is 46.3 Å². The van der Waals surface area contributed by atoms with E-state index in [1.54, 1.807) is 32.7 Å². The molecule has 1 amide bonds. The van der Waals surface area contributed by atoms with Gasteiger partial charge in [-0.2, -0.15) is 5.10 Å². The average molecular weight is 329 g/mol. The number of benzene rings is 1. The lowest BCUT2D eigenvalue weighted by atomic mass is 10.1. The maximum Gasteiger partial charge on any atom is 0.292 e. The average Bonchev–Trinajstić information content (AvgIpc) is 2.79. The van der Waals surface area contributed by atoms with Gasteiger partial charge in [-0.25, -0.2) is 0 Å². The zero-order valence-electron chi connectivity index (χ0n) is 14.8. The summed E-state index contributed by atoms with van der Waals surface area (Å²) in [5.74, 6) is -0.379. The lowest BCUT2D eigenvalue weighted by Gasteiger charge is -2.10. The Labute approximate surface area is 141 Å². The van der Waals surface area contributed by atoms with Crippen LogP contribution in [0.3, 0.4) is 0 Å². The summed E-state index contributed by atoms with van der Waals surface area (Å²) in [5.41, 5.74) is 3.75. The number of carbonyl (C=O) groups excluding carboxylic acids is 2. The van der Waals surface area contributed by atoms with Crippen LogP contribution in [0.4, 0.5) is 0 Å². The molecule has 0 saturated carbocycles. The Morgan fingerprint density at radius 3 is 2.54 bits per heavy atom. The van der Waals surface area contributed by atoms with Gasteiger partial charge in [0.2, 0.25) is 0 Å². The molecule has 24 heavy (non-hydrogen) atoms. The number of amides is 1. The minimum atomic E-state index is -0.610. The van der Waals surface area contributed by atoms with Crippen LogP contribution >= 0.6 is 0 Å². The Balaban J connectivity index is 2.01. The first-order valence-electron chi connectivity index (χ1n) is 7.81. The summed E-state index contributed by atoms with van der Waals surface area (Å²) in [6.07, 6.45) is 0.592. The van der Waals surface area contributed by atoms with Crippen molar-refractivity contribution in [2.45, 2.75) is 27.2 Å². The lowest BCUT2D eigenvalue weighted by molar-refractivity contribution is -0.116. The molecule has 0 aliphatic carbocycles. The second-order valence-electron chi connectivity index (χ2n) is 5.82. The number of rotatable bonds is 6. The molecular weight excluding hydrogens is 306 g/mol. The second kappa shape index (κ2) is 7.29. The summed E-state index contributed by atoms with van der Waals surface area (Å²) in [6, 6.07) is 5.89. The van der Waals surface area contributed by atoms with Crippen LogP contribution in [-0.2, 0) is 18.3 Å². The van der Waals surface area contributed by atoms with E-state index in [1.165, 1.54) is 0 Å². The van der Waals surface area contributed by atoms with Crippen molar-refractivity contribution < 1.29 is 14.3 Å². The Hall–Kier alpha value is -2.63. The highest BCUT2D eigenvalue weighted by atomic mass is 16.5. The van der Waals surface area contributed by atoms with Gasteiger partial charge in [-0.3, -0.25) is 14.3 Å². The van der Waals surface area contributed by atoms with E-state index in [1.807, 2.05) is 25.1 Å². The number of carbonyl (C=O) groups is 2. The smallest absolute Gasteiger partial charge is 0.292 e. The van der Waals surface area contributed by atoms with Crippen LogP contribution in [0.25, 0.3) is 0 Å². The lowest BCUT2D eigenvalue weighted by Crippen LogP contribution is -2.33. The van der Waals surface area contributed by atoms with Crippen molar-refractivity contribution in [2.75, 3.05) is 13.7 Å². The van der Waals surface area contributed by atoms with E-state index in [0.29, 0.717) is 29.9 Å². The Morgan fingerprint density at radius 2 is 1.96 bits per heavy atom. The molecule has 128 valence electrons. The van der Waals surface area contributed by atoms with Gasteiger partial charge in [-0.15, -0.1) is 0 Å². The second-order valence-corrected chi connectivity index (χ2v) is 5.82. The quantitative estimate of drug-likeness (QED) is 0.649. The Bertz CT molecular complexity index is 778. The van der Waals surface area contributed by atoms with Crippen LogP contribution in [-0.4, -0.2) is 35.1 Å². The molecule has 0 aliphatic heterocycles. The molecule has 1 aromatic heterocycles. The fraction of sp³-hybridized carbons (Fsp3) is 0.389. The SMILES string of the molecule is COc1ccc(C)cc1CCNC(=O)C(=O)c1c(C)nn(C)c1C. The van der Waals surface area contributed by atoms with Gasteiger partial charge in [0, 0.05) is 19.3 Å². The fourth-order valence-electron chi connectivity index (χ4n) is 2.71. The van der Waals surface area contributed by atoms with Crippen molar-refractivity contribution in [1.29, 1.82) is 0 Å². The molecule has 0 bridgehead atoms. The summed E-state index contributed by atoms with van der Waals surface area (Å²) in [6.45, 7) is 5.87. The zero-order chi connectivity index (χ0) is 17.9.